The van der Waals surface area contributed by atoms with Crippen LogP contribution < -0.4 is 4.74 Å². The van der Waals surface area contributed by atoms with Crippen molar-refractivity contribution in [1.29, 1.82) is 0 Å². The fourth-order valence-electron chi connectivity index (χ4n) is 1.50. The number of rotatable bonds is 3. The summed E-state index contributed by atoms with van der Waals surface area (Å²) in [7, 11) is 3.29. The van der Waals surface area contributed by atoms with Gasteiger partial charge in [-0.1, -0.05) is 0 Å². The van der Waals surface area contributed by atoms with Gasteiger partial charge in [-0.2, -0.15) is 0 Å². The van der Waals surface area contributed by atoms with E-state index < -0.39 is 0 Å². The monoisotopic (exact) mass is 338 g/mol. The quantitative estimate of drug-likeness (QED) is 0.860. The number of pyridine rings is 1. The number of carbonyl (C=O) groups excluding carboxylic acids is 1. The molecule has 20 heavy (non-hydrogen) atoms. The molecule has 0 aliphatic heterocycles. The first-order valence-corrected chi connectivity index (χ1v) is 6.57. The Morgan fingerprint density at radius 3 is 2.60 bits per heavy atom. The first-order chi connectivity index (χ1) is 9.47. The van der Waals surface area contributed by atoms with Crippen LogP contribution >= 0.6 is 15.9 Å². The van der Waals surface area contributed by atoms with Crippen molar-refractivity contribution >= 4 is 21.8 Å². The zero-order valence-electron chi connectivity index (χ0n) is 10.9. The van der Waals surface area contributed by atoms with Crippen LogP contribution in [0.25, 0.3) is 0 Å². The topological polar surface area (TPSA) is 42.4 Å². The lowest BCUT2D eigenvalue weighted by Crippen LogP contribution is -2.22. The summed E-state index contributed by atoms with van der Waals surface area (Å²) >= 11 is 3.09. The van der Waals surface area contributed by atoms with Gasteiger partial charge >= 0.3 is 0 Å². The van der Waals surface area contributed by atoms with Gasteiger partial charge in [0.15, 0.2) is 0 Å². The molecule has 1 aromatic heterocycles. The summed E-state index contributed by atoms with van der Waals surface area (Å²) in [5, 5.41) is 0. The van der Waals surface area contributed by atoms with Crippen LogP contribution in [0.3, 0.4) is 0 Å². The number of halogens is 2. The van der Waals surface area contributed by atoms with E-state index in [1.807, 2.05) is 0 Å². The number of benzene rings is 1. The summed E-state index contributed by atoms with van der Waals surface area (Å²) in [4.78, 5) is 17.2. The molecule has 1 amide bonds. The van der Waals surface area contributed by atoms with Crippen molar-refractivity contribution in [2.24, 2.45) is 0 Å². The molecule has 0 saturated carbocycles. The lowest BCUT2D eigenvalue weighted by Gasteiger charge is -2.11. The molecule has 0 fully saturated rings. The van der Waals surface area contributed by atoms with Crippen molar-refractivity contribution in [3.05, 3.63) is 52.5 Å². The van der Waals surface area contributed by atoms with E-state index in [1.54, 1.807) is 26.2 Å². The molecular formula is C14H12BrFN2O2. The van der Waals surface area contributed by atoms with Crippen molar-refractivity contribution in [1.82, 2.24) is 9.88 Å². The highest BCUT2D eigenvalue weighted by atomic mass is 79.9. The standard InChI is InChI=1S/C14H12BrFN2O2/c1-18(2)14(19)13-8-10(5-6-17-13)20-9-3-4-12(16)11(15)7-9/h3-8H,1-2H3. The molecule has 0 radical (unpaired) electrons. The van der Waals surface area contributed by atoms with Gasteiger partial charge in [0.25, 0.3) is 5.91 Å². The van der Waals surface area contributed by atoms with E-state index in [0.29, 0.717) is 16.0 Å². The fraction of sp³-hybridized carbons (Fsp3) is 0.143. The van der Waals surface area contributed by atoms with Crippen LogP contribution in [0.1, 0.15) is 10.5 Å². The second-order valence-corrected chi connectivity index (χ2v) is 5.11. The molecule has 0 aliphatic rings. The van der Waals surface area contributed by atoms with E-state index in [-0.39, 0.29) is 17.4 Å². The molecule has 1 heterocycles. The highest BCUT2D eigenvalue weighted by Crippen LogP contribution is 2.26. The van der Waals surface area contributed by atoms with Crippen molar-refractivity contribution < 1.29 is 13.9 Å². The number of hydrogen-bond acceptors (Lipinski definition) is 3. The number of nitrogens with zero attached hydrogens (tertiary/aromatic N) is 2. The molecule has 0 aliphatic carbocycles. The summed E-state index contributed by atoms with van der Waals surface area (Å²) in [6.07, 6.45) is 1.49. The summed E-state index contributed by atoms with van der Waals surface area (Å²) in [5.41, 5.74) is 0.286. The van der Waals surface area contributed by atoms with E-state index in [4.69, 9.17) is 4.74 Å². The van der Waals surface area contributed by atoms with Crippen molar-refractivity contribution in [3.63, 3.8) is 0 Å². The second kappa shape index (κ2) is 6.00. The zero-order valence-corrected chi connectivity index (χ0v) is 12.5. The molecule has 0 unspecified atom stereocenters. The van der Waals surface area contributed by atoms with Crippen LogP contribution in [0.15, 0.2) is 41.0 Å². The first kappa shape index (κ1) is 14.5. The average Bonchev–Trinajstić information content (AvgIpc) is 2.42. The van der Waals surface area contributed by atoms with Crippen LogP contribution in [-0.2, 0) is 0 Å². The number of amides is 1. The van der Waals surface area contributed by atoms with E-state index in [1.165, 1.54) is 29.3 Å². The largest absolute Gasteiger partial charge is 0.457 e. The van der Waals surface area contributed by atoms with Gasteiger partial charge in [0.1, 0.15) is 23.0 Å². The van der Waals surface area contributed by atoms with E-state index >= 15 is 0 Å². The third-order valence-corrected chi connectivity index (χ3v) is 3.09. The Labute approximate surface area is 124 Å². The molecule has 104 valence electrons. The number of hydrogen-bond donors (Lipinski definition) is 0. The number of aromatic nitrogens is 1. The third-order valence-electron chi connectivity index (χ3n) is 2.48. The minimum atomic E-state index is -0.365. The van der Waals surface area contributed by atoms with Gasteiger partial charge in [-0.05, 0) is 40.2 Å². The Morgan fingerprint density at radius 2 is 1.95 bits per heavy atom. The van der Waals surface area contributed by atoms with Crippen LogP contribution in [0, 0.1) is 5.82 Å². The van der Waals surface area contributed by atoms with Crippen LogP contribution in [0.5, 0.6) is 11.5 Å². The molecule has 0 bridgehead atoms. The highest BCUT2D eigenvalue weighted by molar-refractivity contribution is 9.10. The zero-order chi connectivity index (χ0) is 14.7. The van der Waals surface area contributed by atoms with Crippen molar-refractivity contribution in [3.8, 4) is 11.5 Å². The Kier molecular flexibility index (Phi) is 4.34. The van der Waals surface area contributed by atoms with Crippen LogP contribution in [0.2, 0.25) is 0 Å². The lowest BCUT2D eigenvalue weighted by atomic mass is 10.3. The van der Waals surface area contributed by atoms with Gasteiger partial charge in [-0.25, -0.2) is 4.39 Å². The van der Waals surface area contributed by atoms with Gasteiger partial charge in [0, 0.05) is 26.4 Å². The van der Waals surface area contributed by atoms with E-state index in [2.05, 4.69) is 20.9 Å². The average molecular weight is 339 g/mol. The molecule has 6 heteroatoms. The predicted molar refractivity (Wildman–Crippen MR) is 76.4 cm³/mol. The molecular weight excluding hydrogens is 327 g/mol. The molecule has 2 rings (SSSR count). The summed E-state index contributed by atoms with van der Waals surface area (Å²) in [6.45, 7) is 0. The maximum Gasteiger partial charge on any atom is 0.272 e. The lowest BCUT2D eigenvalue weighted by molar-refractivity contribution is 0.0821. The maximum absolute atomic E-state index is 13.1. The van der Waals surface area contributed by atoms with Gasteiger partial charge in [0.2, 0.25) is 0 Å². The van der Waals surface area contributed by atoms with E-state index in [0.717, 1.165) is 0 Å². The molecule has 0 N–H and O–H groups in total. The maximum atomic E-state index is 13.1. The Hall–Kier alpha value is -1.95. The molecule has 0 saturated heterocycles. The minimum absolute atomic E-state index is 0.212. The number of ether oxygens (including phenoxy) is 1. The SMILES string of the molecule is CN(C)C(=O)c1cc(Oc2ccc(F)c(Br)c2)ccn1. The fourth-order valence-corrected chi connectivity index (χ4v) is 1.85. The van der Waals surface area contributed by atoms with Gasteiger partial charge < -0.3 is 9.64 Å². The Bertz CT molecular complexity index is 647. The van der Waals surface area contributed by atoms with Gasteiger partial charge in [-0.15, -0.1) is 0 Å². The number of carbonyl (C=O) groups is 1. The summed E-state index contributed by atoms with van der Waals surface area (Å²) < 4.78 is 19.0. The minimum Gasteiger partial charge on any atom is -0.457 e. The van der Waals surface area contributed by atoms with Crippen LogP contribution in [-0.4, -0.2) is 29.9 Å². The summed E-state index contributed by atoms with van der Waals surface area (Å²) in [5.74, 6) is 0.350. The molecule has 4 nitrogen and oxygen atoms in total. The molecule has 1 aromatic carbocycles. The Balaban J connectivity index is 2.23. The first-order valence-electron chi connectivity index (χ1n) is 5.78. The van der Waals surface area contributed by atoms with Crippen molar-refractivity contribution in [2.75, 3.05) is 14.1 Å². The highest BCUT2D eigenvalue weighted by Gasteiger charge is 2.11. The van der Waals surface area contributed by atoms with Crippen molar-refractivity contribution in [2.45, 2.75) is 0 Å². The molecule has 2 aromatic rings. The Morgan fingerprint density at radius 1 is 1.25 bits per heavy atom. The van der Waals surface area contributed by atoms with Gasteiger partial charge in [-0.3, -0.25) is 9.78 Å². The molecule has 0 atom stereocenters. The van der Waals surface area contributed by atoms with E-state index in [9.17, 15) is 9.18 Å². The third kappa shape index (κ3) is 3.33. The normalized spacial score (nSPS) is 10.2. The summed E-state index contributed by atoms with van der Waals surface area (Å²) in [6, 6.07) is 7.49. The van der Waals surface area contributed by atoms with Gasteiger partial charge in [0.05, 0.1) is 4.47 Å². The smallest absolute Gasteiger partial charge is 0.272 e. The van der Waals surface area contributed by atoms with Crippen LogP contribution in [0.4, 0.5) is 4.39 Å². The predicted octanol–water partition coefficient (Wildman–Crippen LogP) is 3.48. The molecule has 0 spiro atoms. The second-order valence-electron chi connectivity index (χ2n) is 4.25.